The van der Waals surface area contributed by atoms with Gasteiger partial charge in [-0.05, 0) is 33.6 Å². The van der Waals surface area contributed by atoms with E-state index in [1.165, 1.54) is 0 Å². The third-order valence-electron chi connectivity index (χ3n) is 2.92. The first kappa shape index (κ1) is 19.8. The van der Waals surface area contributed by atoms with Crippen LogP contribution in [0.15, 0.2) is 0 Å². The maximum atomic E-state index is 5.57. The number of rotatable bonds is 15. The van der Waals surface area contributed by atoms with Gasteiger partial charge in [-0.1, -0.05) is 6.92 Å². The lowest BCUT2D eigenvalue weighted by Crippen LogP contribution is -2.30. The standard InChI is InChI=1S/C15H32O5/c1-5-16-10-8-9-15(4,11-19-13-17-6-2)12-20-14-18-7-3/h5-14H2,1-4H3. The van der Waals surface area contributed by atoms with Crippen LogP contribution in [0, 0.1) is 5.41 Å². The van der Waals surface area contributed by atoms with Crippen LogP contribution in [-0.4, -0.2) is 53.2 Å². The molecule has 0 bridgehead atoms. The summed E-state index contributed by atoms with van der Waals surface area (Å²) in [5, 5.41) is 0. The van der Waals surface area contributed by atoms with E-state index in [4.69, 9.17) is 23.7 Å². The van der Waals surface area contributed by atoms with E-state index < -0.39 is 0 Å². The SMILES string of the molecule is CCOCCCC(C)(COCOCC)COCOCC. The first-order chi connectivity index (χ1) is 9.68. The molecule has 0 atom stereocenters. The highest BCUT2D eigenvalue weighted by molar-refractivity contribution is 4.73. The lowest BCUT2D eigenvalue weighted by molar-refractivity contribution is -0.118. The minimum Gasteiger partial charge on any atom is -0.382 e. The Morgan fingerprint density at radius 1 is 0.700 bits per heavy atom. The fourth-order valence-corrected chi connectivity index (χ4v) is 1.79. The Kier molecular flexibility index (Phi) is 13.6. The molecule has 0 saturated carbocycles. The molecule has 5 heteroatoms. The first-order valence-electron chi connectivity index (χ1n) is 7.57. The van der Waals surface area contributed by atoms with Crippen molar-refractivity contribution in [1.29, 1.82) is 0 Å². The van der Waals surface area contributed by atoms with Gasteiger partial charge in [0.25, 0.3) is 0 Å². The molecule has 122 valence electrons. The molecule has 0 N–H and O–H groups in total. The van der Waals surface area contributed by atoms with Crippen molar-refractivity contribution in [2.45, 2.75) is 40.5 Å². The van der Waals surface area contributed by atoms with Crippen molar-refractivity contribution in [2.75, 3.05) is 53.2 Å². The van der Waals surface area contributed by atoms with Crippen LogP contribution in [0.1, 0.15) is 40.5 Å². The van der Waals surface area contributed by atoms with Crippen molar-refractivity contribution >= 4 is 0 Å². The fourth-order valence-electron chi connectivity index (χ4n) is 1.79. The molecule has 0 heterocycles. The molecular formula is C15H32O5. The molecule has 5 nitrogen and oxygen atoms in total. The van der Waals surface area contributed by atoms with Crippen molar-refractivity contribution in [3.8, 4) is 0 Å². The second kappa shape index (κ2) is 13.8. The monoisotopic (exact) mass is 292 g/mol. The predicted molar refractivity (Wildman–Crippen MR) is 78.7 cm³/mol. The van der Waals surface area contributed by atoms with Gasteiger partial charge in [-0.2, -0.15) is 0 Å². The molecular weight excluding hydrogens is 260 g/mol. The summed E-state index contributed by atoms with van der Waals surface area (Å²) in [6.07, 6.45) is 1.99. The van der Waals surface area contributed by atoms with Gasteiger partial charge in [0.1, 0.15) is 13.6 Å². The molecule has 20 heavy (non-hydrogen) atoms. The summed E-state index contributed by atoms with van der Waals surface area (Å²) in [5.74, 6) is 0. The van der Waals surface area contributed by atoms with E-state index in [9.17, 15) is 0 Å². The van der Waals surface area contributed by atoms with Gasteiger partial charge >= 0.3 is 0 Å². The first-order valence-corrected chi connectivity index (χ1v) is 7.57. The van der Waals surface area contributed by atoms with E-state index in [2.05, 4.69) is 6.92 Å². The highest BCUT2D eigenvalue weighted by Gasteiger charge is 2.25. The van der Waals surface area contributed by atoms with Gasteiger partial charge in [0.05, 0.1) is 13.2 Å². The molecule has 0 amide bonds. The van der Waals surface area contributed by atoms with Gasteiger partial charge in [-0.3, -0.25) is 0 Å². The fraction of sp³-hybridized carbons (Fsp3) is 1.00. The number of ether oxygens (including phenoxy) is 5. The molecule has 0 unspecified atom stereocenters. The van der Waals surface area contributed by atoms with Crippen LogP contribution in [0.5, 0.6) is 0 Å². The van der Waals surface area contributed by atoms with Gasteiger partial charge in [-0.25, -0.2) is 0 Å². The van der Waals surface area contributed by atoms with Gasteiger partial charge in [-0.15, -0.1) is 0 Å². The Morgan fingerprint density at radius 3 is 1.65 bits per heavy atom. The molecule has 0 rings (SSSR count). The van der Waals surface area contributed by atoms with Crippen molar-refractivity contribution in [3.05, 3.63) is 0 Å². The van der Waals surface area contributed by atoms with Crippen LogP contribution in [-0.2, 0) is 23.7 Å². The topological polar surface area (TPSA) is 46.2 Å². The quantitative estimate of drug-likeness (QED) is 0.343. The van der Waals surface area contributed by atoms with Crippen LogP contribution in [0.3, 0.4) is 0 Å². The summed E-state index contributed by atoms with van der Waals surface area (Å²) in [6.45, 7) is 12.9. The molecule has 0 aliphatic heterocycles. The van der Waals surface area contributed by atoms with Crippen molar-refractivity contribution in [2.24, 2.45) is 5.41 Å². The van der Waals surface area contributed by atoms with E-state index in [-0.39, 0.29) is 5.41 Å². The minimum atomic E-state index is -0.0364. The van der Waals surface area contributed by atoms with Gasteiger partial charge in [0.15, 0.2) is 0 Å². The molecule has 0 spiro atoms. The average molecular weight is 292 g/mol. The zero-order chi connectivity index (χ0) is 15.1. The Bertz CT molecular complexity index is 167. The van der Waals surface area contributed by atoms with Gasteiger partial charge in [0, 0.05) is 31.8 Å². The third-order valence-corrected chi connectivity index (χ3v) is 2.92. The van der Waals surface area contributed by atoms with E-state index in [1.54, 1.807) is 0 Å². The zero-order valence-electron chi connectivity index (χ0n) is 13.6. The van der Waals surface area contributed by atoms with Crippen molar-refractivity contribution in [3.63, 3.8) is 0 Å². The molecule has 0 aromatic rings. The third kappa shape index (κ3) is 11.6. The molecule has 0 aromatic carbocycles. The van der Waals surface area contributed by atoms with E-state index in [1.807, 2.05) is 20.8 Å². The number of hydrogen-bond acceptors (Lipinski definition) is 5. The molecule has 0 radical (unpaired) electrons. The van der Waals surface area contributed by atoms with Crippen molar-refractivity contribution in [1.82, 2.24) is 0 Å². The molecule has 0 aliphatic rings. The zero-order valence-corrected chi connectivity index (χ0v) is 13.6. The van der Waals surface area contributed by atoms with Crippen molar-refractivity contribution < 1.29 is 23.7 Å². The second-order valence-electron chi connectivity index (χ2n) is 5.03. The molecule has 0 saturated heterocycles. The highest BCUT2D eigenvalue weighted by atomic mass is 16.7. The smallest absolute Gasteiger partial charge is 0.146 e. The summed E-state index contributed by atoms with van der Waals surface area (Å²) in [5.41, 5.74) is -0.0364. The van der Waals surface area contributed by atoms with Crippen LogP contribution >= 0.6 is 0 Å². The van der Waals surface area contributed by atoms with E-state index in [0.29, 0.717) is 40.0 Å². The van der Waals surface area contributed by atoms with Crippen LogP contribution in [0.4, 0.5) is 0 Å². The predicted octanol–water partition coefficient (Wildman–Crippen LogP) is 2.83. The maximum Gasteiger partial charge on any atom is 0.146 e. The lowest BCUT2D eigenvalue weighted by Gasteiger charge is -2.29. The molecule has 0 fully saturated rings. The number of hydrogen-bond donors (Lipinski definition) is 0. The Balaban J connectivity index is 3.98. The summed E-state index contributed by atoms with van der Waals surface area (Å²) in [6, 6.07) is 0. The van der Waals surface area contributed by atoms with E-state index in [0.717, 1.165) is 26.1 Å². The summed E-state index contributed by atoms with van der Waals surface area (Å²) in [4.78, 5) is 0. The average Bonchev–Trinajstić information content (AvgIpc) is 2.45. The highest BCUT2D eigenvalue weighted by Crippen LogP contribution is 2.24. The van der Waals surface area contributed by atoms with E-state index >= 15 is 0 Å². The van der Waals surface area contributed by atoms with Crippen LogP contribution < -0.4 is 0 Å². The second-order valence-corrected chi connectivity index (χ2v) is 5.03. The molecule has 0 aliphatic carbocycles. The normalized spacial score (nSPS) is 12.0. The Hall–Kier alpha value is -0.200. The van der Waals surface area contributed by atoms with Crippen LogP contribution in [0.2, 0.25) is 0 Å². The molecule has 0 aromatic heterocycles. The summed E-state index contributed by atoms with van der Waals surface area (Å²) >= 11 is 0. The Labute approximate surface area is 123 Å². The van der Waals surface area contributed by atoms with Crippen LogP contribution in [0.25, 0.3) is 0 Å². The van der Waals surface area contributed by atoms with Gasteiger partial charge < -0.3 is 23.7 Å². The Morgan fingerprint density at radius 2 is 1.20 bits per heavy atom. The largest absolute Gasteiger partial charge is 0.382 e. The van der Waals surface area contributed by atoms with Gasteiger partial charge in [0.2, 0.25) is 0 Å². The summed E-state index contributed by atoms with van der Waals surface area (Å²) < 4.78 is 26.9. The maximum absolute atomic E-state index is 5.57. The lowest BCUT2D eigenvalue weighted by atomic mass is 9.87. The minimum absolute atomic E-state index is 0.0364. The summed E-state index contributed by atoms with van der Waals surface area (Å²) in [7, 11) is 0.